The summed E-state index contributed by atoms with van der Waals surface area (Å²) in [6.45, 7) is 17.8. The molecule has 0 aliphatic carbocycles. The minimum absolute atomic E-state index is 0.00718. The van der Waals surface area contributed by atoms with Crippen LogP contribution >= 0.6 is 31.9 Å². The van der Waals surface area contributed by atoms with E-state index in [0.717, 1.165) is 0 Å². The number of nitrogen functional groups attached to an aromatic ring is 1. The summed E-state index contributed by atoms with van der Waals surface area (Å²) in [4.78, 5) is 6.36. The van der Waals surface area contributed by atoms with Gasteiger partial charge in [0.25, 0.3) is 5.69 Å². The highest BCUT2D eigenvalue weighted by molar-refractivity contribution is 9.10. The van der Waals surface area contributed by atoms with Gasteiger partial charge in [-0.1, -0.05) is 31.9 Å². The van der Waals surface area contributed by atoms with Gasteiger partial charge in [-0.05, 0) is 50.2 Å². The first-order valence-electron chi connectivity index (χ1n) is 9.81. The summed E-state index contributed by atoms with van der Waals surface area (Å²) in [6, 6.07) is 10.6. The third-order valence-electron chi connectivity index (χ3n) is 4.52. The standard InChI is InChI=1S/C13H12BrFN4.C11H6BrFN2O/c1-7(2)19-13(16)12(17-3)11(18-19)9-5-4-8(14)6-10(9)15;1-15-10(6-14)11(16-2)8-4-3-7(12)5-9(8)13/h4-7H,16H2,1-2H3;3-5H,2H3/b;11-10+. The molecule has 35 heavy (non-hydrogen) atoms. The summed E-state index contributed by atoms with van der Waals surface area (Å²) in [5, 5.41) is 13.0. The van der Waals surface area contributed by atoms with Crippen LogP contribution in [0.3, 0.4) is 0 Å². The number of ether oxygens (including phenoxy) is 1. The van der Waals surface area contributed by atoms with Crippen molar-refractivity contribution < 1.29 is 13.5 Å². The lowest BCUT2D eigenvalue weighted by Gasteiger charge is -2.07. The number of hydrogen-bond acceptors (Lipinski definition) is 4. The van der Waals surface area contributed by atoms with Gasteiger partial charge in [0.2, 0.25) is 0 Å². The van der Waals surface area contributed by atoms with E-state index in [0.29, 0.717) is 8.95 Å². The molecule has 11 heteroatoms. The maximum Gasteiger partial charge on any atom is 0.303 e. The molecule has 178 valence electrons. The number of aromatic nitrogens is 2. The average Bonchev–Trinajstić information content (AvgIpc) is 3.14. The molecule has 0 bridgehead atoms. The number of nitrogens with two attached hydrogens (primary N) is 1. The fourth-order valence-corrected chi connectivity index (χ4v) is 3.61. The van der Waals surface area contributed by atoms with Gasteiger partial charge in [-0.3, -0.25) is 4.68 Å². The number of nitriles is 1. The van der Waals surface area contributed by atoms with Crippen LogP contribution in [0.2, 0.25) is 0 Å². The number of halogens is 4. The lowest BCUT2D eigenvalue weighted by molar-refractivity contribution is 0.365. The van der Waals surface area contributed by atoms with Gasteiger partial charge in [0.15, 0.2) is 0 Å². The van der Waals surface area contributed by atoms with E-state index in [1.807, 2.05) is 13.8 Å². The van der Waals surface area contributed by atoms with Crippen LogP contribution in [0, 0.1) is 36.1 Å². The Morgan fingerprint density at radius 3 is 2.20 bits per heavy atom. The van der Waals surface area contributed by atoms with Gasteiger partial charge in [-0.25, -0.2) is 23.7 Å². The smallest absolute Gasteiger partial charge is 0.303 e. The number of anilines is 1. The van der Waals surface area contributed by atoms with Crippen LogP contribution in [0.1, 0.15) is 25.5 Å². The molecule has 0 aliphatic rings. The highest BCUT2D eigenvalue weighted by Gasteiger charge is 2.21. The molecule has 1 heterocycles. The Labute approximate surface area is 218 Å². The van der Waals surface area contributed by atoms with Crippen molar-refractivity contribution in [3.8, 4) is 17.3 Å². The van der Waals surface area contributed by atoms with Gasteiger partial charge < -0.3 is 10.5 Å². The molecule has 1 aromatic heterocycles. The number of hydrogen-bond donors (Lipinski definition) is 1. The molecule has 0 unspecified atom stereocenters. The number of allylic oxidation sites excluding steroid dienone is 1. The minimum atomic E-state index is -0.553. The molecule has 0 saturated heterocycles. The first-order chi connectivity index (χ1) is 16.6. The summed E-state index contributed by atoms with van der Waals surface area (Å²) >= 11 is 6.31. The van der Waals surface area contributed by atoms with E-state index in [-0.39, 0.29) is 45.8 Å². The Bertz CT molecular complexity index is 1400. The Kier molecular flexibility index (Phi) is 9.53. The largest absolute Gasteiger partial charge is 0.506 e. The van der Waals surface area contributed by atoms with Gasteiger partial charge in [0.1, 0.15) is 28.9 Å². The zero-order chi connectivity index (χ0) is 26.3. The maximum absolute atomic E-state index is 14.0. The van der Waals surface area contributed by atoms with E-state index in [1.165, 1.54) is 30.0 Å². The van der Waals surface area contributed by atoms with Gasteiger partial charge >= 0.3 is 5.70 Å². The van der Waals surface area contributed by atoms with Crippen LogP contribution in [0.15, 0.2) is 51.0 Å². The molecule has 0 fully saturated rings. The van der Waals surface area contributed by atoms with E-state index in [4.69, 9.17) is 28.9 Å². The second kappa shape index (κ2) is 12.1. The summed E-state index contributed by atoms with van der Waals surface area (Å²) in [5.74, 6) is -0.778. The molecular formula is C24H18Br2F2N6O. The van der Waals surface area contributed by atoms with Crippen LogP contribution in [0.25, 0.3) is 26.7 Å². The van der Waals surface area contributed by atoms with Crippen LogP contribution in [-0.2, 0) is 4.74 Å². The van der Waals surface area contributed by atoms with Gasteiger partial charge in [0.05, 0.1) is 26.3 Å². The SMILES string of the molecule is [C-]#[N+]/C(C#N)=C(/OC)c1ccc(Br)cc1F.[C-]#[N+]c1c(-c2ccc(Br)cc2F)nn(C(C)C)c1N. The number of benzene rings is 2. The molecular weight excluding hydrogens is 586 g/mol. The monoisotopic (exact) mass is 602 g/mol. The van der Waals surface area contributed by atoms with Gasteiger partial charge in [-0.15, -0.1) is 0 Å². The summed E-state index contributed by atoms with van der Waals surface area (Å²) in [6.07, 6.45) is 0. The molecule has 7 nitrogen and oxygen atoms in total. The zero-order valence-corrected chi connectivity index (χ0v) is 21.9. The van der Waals surface area contributed by atoms with Crippen LogP contribution in [0.4, 0.5) is 20.3 Å². The number of nitrogens with zero attached hydrogens (tertiary/aromatic N) is 5. The van der Waals surface area contributed by atoms with Gasteiger partial charge in [0, 0.05) is 26.1 Å². The molecule has 0 amide bonds. The Balaban J connectivity index is 0.000000251. The Morgan fingerprint density at radius 1 is 1.14 bits per heavy atom. The highest BCUT2D eigenvalue weighted by atomic mass is 79.9. The third-order valence-corrected chi connectivity index (χ3v) is 5.51. The lowest BCUT2D eigenvalue weighted by atomic mass is 10.1. The molecule has 3 rings (SSSR count). The second-order valence-electron chi connectivity index (χ2n) is 7.09. The highest BCUT2D eigenvalue weighted by Crippen LogP contribution is 2.38. The normalized spacial score (nSPS) is 10.9. The lowest BCUT2D eigenvalue weighted by Crippen LogP contribution is -2.06. The second-order valence-corrected chi connectivity index (χ2v) is 8.92. The summed E-state index contributed by atoms with van der Waals surface area (Å²) < 4.78 is 35.2. The maximum atomic E-state index is 14.0. The number of methoxy groups -OCH3 is 1. The third kappa shape index (κ3) is 6.24. The van der Waals surface area contributed by atoms with Crippen molar-refractivity contribution in [2.45, 2.75) is 19.9 Å². The molecule has 0 saturated carbocycles. The van der Waals surface area contributed by atoms with Crippen molar-refractivity contribution in [1.29, 1.82) is 5.26 Å². The number of rotatable bonds is 4. The minimum Gasteiger partial charge on any atom is -0.506 e. The van der Waals surface area contributed by atoms with Crippen LogP contribution in [0.5, 0.6) is 0 Å². The van der Waals surface area contributed by atoms with E-state index in [1.54, 1.807) is 24.3 Å². The molecule has 2 N–H and O–H groups in total. The van der Waals surface area contributed by atoms with Gasteiger partial charge in [-0.2, -0.15) is 5.10 Å². The van der Waals surface area contributed by atoms with Crippen molar-refractivity contribution in [3.05, 3.63) is 91.1 Å². The van der Waals surface area contributed by atoms with Crippen molar-refractivity contribution in [2.24, 2.45) is 0 Å². The zero-order valence-electron chi connectivity index (χ0n) is 18.8. The van der Waals surface area contributed by atoms with Crippen molar-refractivity contribution in [2.75, 3.05) is 12.8 Å². The summed E-state index contributed by atoms with van der Waals surface area (Å²) in [7, 11) is 1.29. The molecule has 2 aromatic carbocycles. The van der Waals surface area contributed by atoms with Crippen molar-refractivity contribution >= 4 is 49.1 Å². The summed E-state index contributed by atoms with van der Waals surface area (Å²) in [5.41, 5.74) is 6.46. The first kappa shape index (κ1) is 27.5. The molecule has 0 aliphatic heterocycles. The van der Waals surface area contributed by atoms with Crippen molar-refractivity contribution in [3.63, 3.8) is 0 Å². The Morgan fingerprint density at radius 2 is 1.74 bits per heavy atom. The van der Waals surface area contributed by atoms with Crippen LogP contribution < -0.4 is 5.73 Å². The van der Waals surface area contributed by atoms with E-state index in [2.05, 4.69) is 46.6 Å². The fourth-order valence-electron chi connectivity index (χ4n) is 2.94. The molecule has 3 aromatic rings. The van der Waals surface area contributed by atoms with E-state index in [9.17, 15) is 8.78 Å². The predicted octanol–water partition coefficient (Wildman–Crippen LogP) is 7.51. The topological polar surface area (TPSA) is 85.6 Å². The first-order valence-corrected chi connectivity index (χ1v) is 11.4. The van der Waals surface area contributed by atoms with E-state index < -0.39 is 11.6 Å². The molecule has 0 radical (unpaired) electrons. The molecule has 0 atom stereocenters. The van der Waals surface area contributed by atoms with E-state index >= 15 is 0 Å². The average molecular weight is 604 g/mol. The Hall–Kier alpha value is -3.72. The van der Waals surface area contributed by atoms with Crippen molar-refractivity contribution in [1.82, 2.24) is 9.78 Å². The quantitative estimate of drug-likeness (QED) is 0.190. The fraction of sp³-hybridized carbons (Fsp3) is 0.167. The predicted molar refractivity (Wildman–Crippen MR) is 137 cm³/mol. The van der Waals surface area contributed by atoms with Crippen LogP contribution in [-0.4, -0.2) is 16.9 Å². The molecule has 0 spiro atoms.